The Morgan fingerprint density at radius 3 is 2.44 bits per heavy atom. The van der Waals surface area contributed by atoms with Crippen LogP contribution in [0, 0.1) is 0 Å². The lowest BCUT2D eigenvalue weighted by atomic mass is 10.1. The zero-order valence-electron chi connectivity index (χ0n) is 18.9. The highest BCUT2D eigenvalue weighted by Crippen LogP contribution is 2.27. The first-order valence-electron chi connectivity index (χ1n) is 11.2. The maximum atomic E-state index is 10.3. The van der Waals surface area contributed by atoms with Crippen molar-refractivity contribution in [1.29, 1.82) is 0 Å². The first-order valence-corrected chi connectivity index (χ1v) is 11.2. The Bertz CT molecular complexity index is 1030. The number of hydrogen-bond acceptors (Lipinski definition) is 5. The van der Waals surface area contributed by atoms with Crippen LogP contribution >= 0.6 is 0 Å². The monoisotopic (exact) mass is 439 g/mol. The molecule has 1 heterocycles. The van der Waals surface area contributed by atoms with E-state index in [9.17, 15) is 9.32 Å². The highest BCUT2D eigenvalue weighted by atomic mass is 19.3. The topological polar surface area (TPSA) is 61.6 Å². The van der Waals surface area contributed by atoms with Crippen molar-refractivity contribution in [3.05, 3.63) is 70.6 Å². The van der Waals surface area contributed by atoms with E-state index in [4.69, 9.17) is 14.1 Å². The van der Waals surface area contributed by atoms with E-state index in [0.717, 1.165) is 49.0 Å². The number of hydrogen-bond donors (Lipinski definition) is 0. The van der Waals surface area contributed by atoms with E-state index in [2.05, 4.69) is 61.3 Å². The van der Waals surface area contributed by atoms with Crippen LogP contribution in [0.2, 0.25) is 0 Å². The van der Waals surface area contributed by atoms with Gasteiger partial charge in [0.1, 0.15) is 11.5 Å². The summed E-state index contributed by atoms with van der Waals surface area (Å²) in [7, 11) is 0. The predicted octanol–water partition coefficient (Wildman–Crippen LogP) is 6.01. The van der Waals surface area contributed by atoms with Gasteiger partial charge in [0.15, 0.2) is 0 Å². The number of fused-ring (bicyclic) bond motifs is 1. The van der Waals surface area contributed by atoms with Crippen LogP contribution in [0.4, 0.5) is 4.53 Å². The minimum absolute atomic E-state index is 0.618. The SMILES string of the molecule is CC(=O)OF.CCc1ccc(-c2nc(CCOc3ccc4c(c3)CCC4)c(CC)o2)cc1. The molecule has 0 saturated heterocycles. The van der Waals surface area contributed by atoms with Gasteiger partial charge in [-0.05, 0) is 66.6 Å². The van der Waals surface area contributed by atoms with E-state index in [1.807, 2.05) is 0 Å². The molecule has 0 amide bonds. The highest BCUT2D eigenvalue weighted by Gasteiger charge is 2.14. The molecule has 0 atom stereocenters. The summed E-state index contributed by atoms with van der Waals surface area (Å²) >= 11 is 0. The maximum Gasteiger partial charge on any atom is 0.345 e. The zero-order valence-corrected chi connectivity index (χ0v) is 18.9. The van der Waals surface area contributed by atoms with Crippen molar-refractivity contribution >= 4 is 5.97 Å². The summed E-state index contributed by atoms with van der Waals surface area (Å²) in [6, 6.07) is 15.0. The average molecular weight is 440 g/mol. The Hall–Kier alpha value is -3.15. The number of oxazole rings is 1. The summed E-state index contributed by atoms with van der Waals surface area (Å²) in [6.45, 7) is 5.87. The number of rotatable bonds is 7. The van der Waals surface area contributed by atoms with Gasteiger partial charge in [-0.3, -0.25) is 4.94 Å². The van der Waals surface area contributed by atoms with Crippen molar-refractivity contribution in [2.24, 2.45) is 0 Å². The molecular weight excluding hydrogens is 409 g/mol. The summed E-state index contributed by atoms with van der Waals surface area (Å²) < 4.78 is 22.3. The van der Waals surface area contributed by atoms with Crippen molar-refractivity contribution < 1.29 is 23.4 Å². The minimum atomic E-state index is -0.912. The van der Waals surface area contributed by atoms with E-state index in [1.54, 1.807) is 0 Å². The summed E-state index contributed by atoms with van der Waals surface area (Å²) in [4.78, 5) is 16.6. The van der Waals surface area contributed by atoms with Gasteiger partial charge in [-0.25, -0.2) is 9.78 Å². The number of benzene rings is 2. The van der Waals surface area contributed by atoms with Crippen molar-refractivity contribution in [2.75, 3.05) is 6.61 Å². The molecule has 0 saturated carbocycles. The molecule has 0 radical (unpaired) electrons. The van der Waals surface area contributed by atoms with Gasteiger partial charge in [0, 0.05) is 29.9 Å². The van der Waals surface area contributed by atoms with Crippen LogP contribution in [0.25, 0.3) is 11.5 Å². The molecule has 2 aromatic carbocycles. The second-order valence-corrected chi connectivity index (χ2v) is 7.74. The first kappa shape index (κ1) is 23.5. The van der Waals surface area contributed by atoms with Gasteiger partial charge < -0.3 is 9.15 Å². The molecule has 0 aliphatic heterocycles. The fourth-order valence-corrected chi connectivity index (χ4v) is 3.76. The molecule has 0 N–H and O–H groups in total. The van der Waals surface area contributed by atoms with Gasteiger partial charge in [0.05, 0.1) is 12.3 Å². The van der Waals surface area contributed by atoms with Crippen molar-refractivity contribution in [2.45, 2.75) is 59.3 Å². The van der Waals surface area contributed by atoms with E-state index < -0.39 is 5.97 Å². The third kappa shape index (κ3) is 6.19. The Labute approximate surface area is 188 Å². The first-order chi connectivity index (χ1) is 15.5. The number of ether oxygens (including phenoxy) is 1. The molecule has 0 fully saturated rings. The van der Waals surface area contributed by atoms with Crippen LogP contribution in [0.3, 0.4) is 0 Å². The van der Waals surface area contributed by atoms with Crippen LogP contribution in [0.15, 0.2) is 46.9 Å². The van der Waals surface area contributed by atoms with E-state index in [0.29, 0.717) is 12.5 Å². The number of aryl methyl sites for hydroxylation is 4. The highest BCUT2D eigenvalue weighted by molar-refractivity contribution is 5.65. The zero-order chi connectivity index (χ0) is 22.9. The minimum Gasteiger partial charge on any atom is -0.493 e. The van der Waals surface area contributed by atoms with Gasteiger partial charge in [-0.2, -0.15) is 0 Å². The lowest BCUT2D eigenvalue weighted by Crippen LogP contribution is -2.04. The average Bonchev–Trinajstić information content (AvgIpc) is 3.46. The largest absolute Gasteiger partial charge is 0.493 e. The molecule has 1 aliphatic carbocycles. The lowest BCUT2D eigenvalue weighted by molar-refractivity contribution is -0.180. The van der Waals surface area contributed by atoms with Gasteiger partial charge in [-0.15, -0.1) is 0 Å². The van der Waals surface area contributed by atoms with Gasteiger partial charge in [0.2, 0.25) is 5.89 Å². The van der Waals surface area contributed by atoms with Gasteiger partial charge in [-0.1, -0.05) is 32.0 Å². The van der Waals surface area contributed by atoms with Crippen molar-refractivity contribution in [3.63, 3.8) is 0 Å². The Kier molecular flexibility index (Phi) is 8.42. The Balaban J connectivity index is 0.000000523. The second-order valence-electron chi connectivity index (χ2n) is 7.74. The normalized spacial score (nSPS) is 12.0. The molecular formula is C26H30FNO4. The molecule has 1 aliphatic rings. The summed E-state index contributed by atoms with van der Waals surface area (Å²) in [5.41, 5.74) is 6.29. The van der Waals surface area contributed by atoms with E-state index in [1.165, 1.54) is 36.0 Å². The molecule has 32 heavy (non-hydrogen) atoms. The molecule has 0 unspecified atom stereocenters. The Morgan fingerprint density at radius 2 is 1.78 bits per heavy atom. The quantitative estimate of drug-likeness (QED) is 0.451. The maximum absolute atomic E-state index is 10.3. The van der Waals surface area contributed by atoms with Crippen LogP contribution in [0.1, 0.15) is 55.3 Å². The number of halogens is 1. The number of nitrogens with zero attached hydrogens (tertiary/aromatic N) is 1. The number of carbonyl (C=O) groups is 1. The van der Waals surface area contributed by atoms with Crippen molar-refractivity contribution in [1.82, 2.24) is 4.98 Å². The number of aromatic nitrogens is 1. The smallest absolute Gasteiger partial charge is 0.345 e. The summed E-state index contributed by atoms with van der Waals surface area (Å²) in [6.07, 6.45) is 6.29. The van der Waals surface area contributed by atoms with Gasteiger partial charge >= 0.3 is 5.97 Å². The molecule has 3 aromatic rings. The molecule has 4 rings (SSSR count). The standard InChI is InChI=1S/C24H27NO2.C2H3FO2/c1-3-17-8-10-19(11-9-17)24-25-22(23(4-2)27-24)14-15-26-21-13-12-18-6-5-7-20(18)16-21;1-2(4)5-3/h8-13,16H,3-7,14-15H2,1-2H3;1H3. The van der Waals surface area contributed by atoms with Crippen LogP contribution < -0.4 is 4.74 Å². The third-order valence-corrected chi connectivity index (χ3v) is 5.49. The molecule has 6 heteroatoms. The summed E-state index contributed by atoms with van der Waals surface area (Å²) in [5.74, 6) is 1.72. The van der Waals surface area contributed by atoms with E-state index in [-0.39, 0.29) is 0 Å². The van der Waals surface area contributed by atoms with E-state index >= 15 is 0 Å². The number of carbonyl (C=O) groups excluding carboxylic acids is 1. The molecule has 170 valence electrons. The molecule has 0 spiro atoms. The molecule has 5 nitrogen and oxygen atoms in total. The van der Waals surface area contributed by atoms with Gasteiger partial charge in [0.25, 0.3) is 0 Å². The van der Waals surface area contributed by atoms with Crippen LogP contribution in [-0.4, -0.2) is 17.6 Å². The van der Waals surface area contributed by atoms with Crippen molar-refractivity contribution in [3.8, 4) is 17.2 Å². The lowest BCUT2D eigenvalue weighted by Gasteiger charge is -2.07. The third-order valence-electron chi connectivity index (χ3n) is 5.49. The Morgan fingerprint density at radius 1 is 1.06 bits per heavy atom. The van der Waals surface area contributed by atoms with Crippen LogP contribution in [-0.2, 0) is 41.8 Å². The predicted molar refractivity (Wildman–Crippen MR) is 121 cm³/mol. The summed E-state index contributed by atoms with van der Waals surface area (Å²) in [5, 5.41) is 0. The molecule has 0 bridgehead atoms. The second kappa shape index (κ2) is 11.5. The fourth-order valence-electron chi connectivity index (χ4n) is 3.76. The molecule has 1 aromatic heterocycles. The van der Waals surface area contributed by atoms with Crippen LogP contribution in [0.5, 0.6) is 5.75 Å². The fraction of sp³-hybridized carbons (Fsp3) is 0.385.